The molecule has 0 saturated heterocycles. The van der Waals surface area contributed by atoms with Crippen molar-refractivity contribution in [3.8, 4) is 0 Å². The quantitative estimate of drug-likeness (QED) is 0.393. The maximum Gasteiger partial charge on any atom is 0.0814 e. The summed E-state index contributed by atoms with van der Waals surface area (Å²) >= 11 is 0. The van der Waals surface area contributed by atoms with E-state index in [1.165, 1.54) is 0 Å². The van der Waals surface area contributed by atoms with Gasteiger partial charge in [-0.2, -0.15) is 0 Å². The zero-order chi connectivity index (χ0) is 2.71. The fraction of sp³-hybridized carbons (Fsp3) is 1.00. The largest absolute Gasteiger partial charge is 0.388 e. The summed E-state index contributed by atoms with van der Waals surface area (Å²) in [5.74, 6) is 0. The molecule has 7 heavy (non-hydrogen) atoms. The van der Waals surface area contributed by atoms with E-state index in [1.54, 1.807) is 14.2 Å². The van der Waals surface area contributed by atoms with E-state index < -0.39 is 0 Å². The highest BCUT2D eigenvalue weighted by molar-refractivity contribution is 5.75. The summed E-state index contributed by atoms with van der Waals surface area (Å²) < 4.78 is 4.25. The monoisotopic (exact) mass is 120 g/mol. The second-order valence-electron chi connectivity index (χ2n) is 0.408. The molecule has 5 heteroatoms. The zero-order valence-corrected chi connectivity index (χ0v) is 3.63. The van der Waals surface area contributed by atoms with Gasteiger partial charge in [0.05, 0.1) is 8.41 Å². The maximum atomic E-state index is 4.25. The van der Waals surface area contributed by atoms with Crippen molar-refractivity contribution in [2.24, 2.45) is 0 Å². The van der Waals surface area contributed by atoms with Gasteiger partial charge in [0.15, 0.2) is 0 Å². The fourth-order valence-electron chi connectivity index (χ4n) is 0. The van der Waals surface area contributed by atoms with Gasteiger partial charge in [0, 0.05) is 14.2 Å². The smallest absolute Gasteiger partial charge is 0.0814 e. The number of halogens is 3. The van der Waals surface area contributed by atoms with Crippen LogP contribution < -0.4 is 0 Å². The molecule has 0 aromatic carbocycles. The minimum atomic E-state index is 0. The van der Waals surface area contributed by atoms with E-state index in [4.69, 9.17) is 0 Å². The van der Waals surface area contributed by atoms with Gasteiger partial charge in [-0.25, -0.2) is 0 Å². The Labute approximate surface area is 42.7 Å². The summed E-state index contributed by atoms with van der Waals surface area (Å²) in [6.45, 7) is 0. The Bertz CT molecular complexity index is 12.9. The second kappa shape index (κ2) is 203. The predicted molar refractivity (Wildman–Crippen MR) is 30.4 cm³/mol. The number of rotatable bonds is 0. The molecule has 0 amide bonds. The molecule has 0 heterocycles. The molecule has 0 aromatic rings. The SMILES string of the molecule is B.COC.F.F.F. The van der Waals surface area contributed by atoms with Gasteiger partial charge in [0.1, 0.15) is 0 Å². The van der Waals surface area contributed by atoms with Crippen molar-refractivity contribution >= 4 is 8.41 Å². The molecule has 0 aliphatic rings. The molecule has 1 nitrogen and oxygen atoms in total. The average molecular weight is 120 g/mol. The predicted octanol–water partition coefficient (Wildman–Crippen LogP) is -0.464. The normalized spacial score (nSPS) is 2.57. The van der Waals surface area contributed by atoms with Crippen LogP contribution in [0.3, 0.4) is 0 Å². The molecule has 0 N–H and O–H groups in total. The summed E-state index contributed by atoms with van der Waals surface area (Å²) in [4.78, 5) is 0. The Hall–Kier alpha value is -0.185. The summed E-state index contributed by atoms with van der Waals surface area (Å²) in [6.07, 6.45) is 0. The number of hydrogen-bond acceptors (Lipinski definition) is 1. The van der Waals surface area contributed by atoms with Crippen LogP contribution in [-0.4, -0.2) is 22.6 Å². The lowest BCUT2D eigenvalue weighted by atomic mass is 10.8. The molecule has 50 valence electrons. The van der Waals surface area contributed by atoms with E-state index in [0.717, 1.165) is 0 Å². The van der Waals surface area contributed by atoms with Crippen LogP contribution >= 0.6 is 0 Å². The minimum Gasteiger partial charge on any atom is -0.388 e. The van der Waals surface area contributed by atoms with E-state index in [2.05, 4.69) is 4.74 Å². The van der Waals surface area contributed by atoms with Crippen LogP contribution in [0.4, 0.5) is 14.1 Å². The average Bonchev–Trinajstić information content (AvgIpc) is 0.918. The van der Waals surface area contributed by atoms with Gasteiger partial charge >= 0.3 is 0 Å². The van der Waals surface area contributed by atoms with Gasteiger partial charge in [0.2, 0.25) is 0 Å². The Balaban J connectivity index is -0.00000000333. The molecule has 0 aliphatic carbocycles. The van der Waals surface area contributed by atoms with Crippen molar-refractivity contribution < 1.29 is 18.9 Å². The Kier molecular flexibility index (Phi) is 2030. The zero-order valence-electron chi connectivity index (χ0n) is 3.63. The molecule has 0 saturated carbocycles. The summed E-state index contributed by atoms with van der Waals surface area (Å²) in [5.41, 5.74) is 0. The first-order chi connectivity index (χ1) is 1.41. The lowest BCUT2D eigenvalue weighted by Gasteiger charge is -1.61. The van der Waals surface area contributed by atoms with E-state index in [0.29, 0.717) is 0 Å². The number of methoxy groups -OCH3 is 1. The third-order valence-corrected chi connectivity index (χ3v) is 0. The third kappa shape index (κ3) is 2470. The number of hydrogen-bond donors (Lipinski definition) is 0. The first-order valence-electron chi connectivity index (χ1n) is 0.816. The molecular formula is C2H12BF3O. The first-order valence-corrected chi connectivity index (χ1v) is 0.816. The Morgan fingerprint density at radius 1 is 0.857 bits per heavy atom. The first kappa shape index (κ1) is 70.0. The van der Waals surface area contributed by atoms with Crippen LogP contribution in [0.1, 0.15) is 0 Å². The number of ether oxygens (including phenoxy) is 1. The van der Waals surface area contributed by atoms with Crippen LogP contribution in [0.15, 0.2) is 0 Å². The molecule has 0 rings (SSSR count). The van der Waals surface area contributed by atoms with Gasteiger partial charge in [-0.3, -0.25) is 14.1 Å². The van der Waals surface area contributed by atoms with Crippen LogP contribution in [-0.2, 0) is 4.74 Å². The second-order valence-corrected chi connectivity index (χ2v) is 0.408. The van der Waals surface area contributed by atoms with Crippen LogP contribution in [0.5, 0.6) is 0 Å². The molecule has 0 aromatic heterocycles. The highest BCUT2D eigenvalue weighted by atomic mass is 19.0. The van der Waals surface area contributed by atoms with Crippen LogP contribution in [0.25, 0.3) is 0 Å². The molecule has 0 radical (unpaired) electrons. The fourth-order valence-corrected chi connectivity index (χ4v) is 0. The van der Waals surface area contributed by atoms with Crippen molar-refractivity contribution in [1.82, 2.24) is 0 Å². The van der Waals surface area contributed by atoms with Crippen molar-refractivity contribution in [2.75, 3.05) is 14.2 Å². The molecule has 0 bridgehead atoms. The highest BCUT2D eigenvalue weighted by Crippen LogP contribution is 1.28. The van der Waals surface area contributed by atoms with Crippen molar-refractivity contribution in [3.05, 3.63) is 0 Å². The summed E-state index contributed by atoms with van der Waals surface area (Å²) in [6, 6.07) is 0. The van der Waals surface area contributed by atoms with Crippen molar-refractivity contribution in [1.29, 1.82) is 0 Å². The lowest BCUT2D eigenvalue weighted by Crippen LogP contribution is -1.55. The molecule has 0 fully saturated rings. The van der Waals surface area contributed by atoms with E-state index in [9.17, 15) is 0 Å². The van der Waals surface area contributed by atoms with Gasteiger partial charge in [-0.05, 0) is 0 Å². The van der Waals surface area contributed by atoms with Gasteiger partial charge < -0.3 is 4.74 Å². The van der Waals surface area contributed by atoms with E-state index in [1.807, 2.05) is 0 Å². The summed E-state index contributed by atoms with van der Waals surface area (Å²) in [7, 11) is 3.25. The minimum absolute atomic E-state index is 0. The molecular weight excluding hydrogens is 108 g/mol. The van der Waals surface area contributed by atoms with Gasteiger partial charge in [-0.15, -0.1) is 0 Å². The molecule has 0 atom stereocenters. The van der Waals surface area contributed by atoms with Gasteiger partial charge in [-0.1, -0.05) is 0 Å². The molecule has 0 unspecified atom stereocenters. The van der Waals surface area contributed by atoms with Crippen molar-refractivity contribution in [2.45, 2.75) is 0 Å². The standard InChI is InChI=1S/C2H6O.BH3.3FH/c1-3-2;;;;/h1-2H3;1H3;3*1H. The van der Waals surface area contributed by atoms with E-state index >= 15 is 0 Å². The third-order valence-electron chi connectivity index (χ3n) is 0. The molecule has 0 aliphatic heterocycles. The Morgan fingerprint density at radius 3 is 0.857 bits per heavy atom. The highest BCUT2D eigenvalue weighted by Gasteiger charge is 1.25. The topological polar surface area (TPSA) is 9.23 Å². The van der Waals surface area contributed by atoms with Crippen LogP contribution in [0.2, 0.25) is 0 Å². The Morgan fingerprint density at radius 2 is 0.857 bits per heavy atom. The van der Waals surface area contributed by atoms with E-state index in [-0.39, 0.29) is 22.5 Å². The maximum absolute atomic E-state index is 4.25. The molecule has 0 spiro atoms. The van der Waals surface area contributed by atoms with Crippen molar-refractivity contribution in [3.63, 3.8) is 0 Å². The summed E-state index contributed by atoms with van der Waals surface area (Å²) in [5, 5.41) is 0. The lowest BCUT2D eigenvalue weighted by molar-refractivity contribution is 0.277. The van der Waals surface area contributed by atoms with Gasteiger partial charge in [0.25, 0.3) is 0 Å². The van der Waals surface area contributed by atoms with Crippen LogP contribution in [0, 0.1) is 0 Å².